The molecule has 1 aromatic rings. The fraction of sp³-hybridized carbons (Fsp3) is 0.300. The molecule has 0 aliphatic carbocycles. The monoisotopic (exact) mass is 325 g/mol. The third-order valence-corrected chi connectivity index (χ3v) is 2.09. The first-order valence-electron chi connectivity index (χ1n) is 5.24. The Kier molecular flexibility index (Phi) is 7.92. The third-order valence-electron chi connectivity index (χ3n) is 1.80. The van der Waals surface area contributed by atoms with Gasteiger partial charge in [-0.05, 0) is 18.6 Å². The summed E-state index contributed by atoms with van der Waals surface area (Å²) >= 11 is 5.96. The Hall–Kier alpha value is -1.55. The zero-order chi connectivity index (χ0) is 15.8. The molecule has 0 atom stereocenters. The molecule has 0 saturated heterocycles. The minimum Gasteiger partial charge on any atom is -0.490 e. The van der Waals surface area contributed by atoms with Crippen molar-refractivity contribution in [2.24, 2.45) is 16.5 Å². The van der Waals surface area contributed by atoms with Crippen LogP contribution >= 0.6 is 11.6 Å². The summed E-state index contributed by atoms with van der Waals surface area (Å²) in [5.41, 5.74) is 11.3. The number of hydrogen-bond donors (Lipinski definition) is 4. The molecular weight excluding hydrogens is 310 g/mol. The molecule has 1 aromatic carbocycles. The van der Waals surface area contributed by atoms with Gasteiger partial charge in [0.1, 0.15) is 12.4 Å². The molecule has 8 nitrogen and oxygen atoms in total. The van der Waals surface area contributed by atoms with Gasteiger partial charge in [-0.3, -0.25) is 14.1 Å². The van der Waals surface area contributed by atoms with E-state index in [1.807, 2.05) is 19.1 Å². The highest BCUT2D eigenvalue weighted by Gasteiger charge is 2.03. The minimum atomic E-state index is -4.67. The minimum absolute atomic E-state index is 0.0643. The molecule has 114 valence electrons. The summed E-state index contributed by atoms with van der Waals surface area (Å²) in [4.78, 5) is 3.80. The van der Waals surface area contributed by atoms with E-state index in [0.29, 0.717) is 23.9 Å². The lowest BCUT2D eigenvalue weighted by atomic mass is 10.2. The van der Waals surface area contributed by atoms with Crippen LogP contribution in [0.2, 0.25) is 5.02 Å². The summed E-state index contributed by atoms with van der Waals surface area (Å²) in [6, 6.07) is 5.59. The van der Waals surface area contributed by atoms with Crippen LogP contribution in [0.1, 0.15) is 5.56 Å². The van der Waals surface area contributed by atoms with Crippen LogP contribution in [-0.4, -0.2) is 36.6 Å². The molecule has 10 heteroatoms. The number of aliphatic imine (C=N–C) groups is 1. The van der Waals surface area contributed by atoms with E-state index in [9.17, 15) is 0 Å². The highest BCUT2D eigenvalue weighted by molar-refractivity contribution is 7.79. The van der Waals surface area contributed by atoms with Crippen molar-refractivity contribution in [1.29, 1.82) is 0 Å². The number of para-hydroxylation sites is 1. The van der Waals surface area contributed by atoms with Crippen LogP contribution in [0.5, 0.6) is 5.75 Å². The molecule has 0 radical (unpaired) electrons. The highest BCUT2D eigenvalue weighted by atomic mass is 35.5. The Morgan fingerprint density at radius 3 is 2.40 bits per heavy atom. The average molecular weight is 326 g/mol. The predicted molar refractivity (Wildman–Crippen MR) is 76.5 cm³/mol. The molecule has 0 amide bonds. The predicted octanol–water partition coefficient (Wildman–Crippen LogP) is 0.648. The maximum Gasteiger partial charge on any atom is 0.394 e. The number of ether oxygens (including phenoxy) is 1. The number of aryl methyl sites for hydroxylation is 1. The van der Waals surface area contributed by atoms with E-state index in [1.54, 1.807) is 6.07 Å². The zero-order valence-corrected chi connectivity index (χ0v) is 12.2. The summed E-state index contributed by atoms with van der Waals surface area (Å²) in [5, 5.41) is 0.597. The molecule has 0 fully saturated rings. The first kappa shape index (κ1) is 18.4. The molecule has 0 unspecified atom stereocenters. The molecule has 0 heterocycles. The zero-order valence-electron chi connectivity index (χ0n) is 10.7. The van der Waals surface area contributed by atoms with Gasteiger partial charge in [-0.25, -0.2) is 0 Å². The van der Waals surface area contributed by atoms with Crippen LogP contribution < -0.4 is 16.2 Å². The van der Waals surface area contributed by atoms with Crippen molar-refractivity contribution in [3.05, 3.63) is 28.8 Å². The normalized spacial score (nSPS) is 10.2. The van der Waals surface area contributed by atoms with E-state index < -0.39 is 10.4 Å². The summed E-state index contributed by atoms with van der Waals surface area (Å²) in [6.45, 7) is 2.76. The van der Waals surface area contributed by atoms with Gasteiger partial charge in [-0.15, -0.1) is 0 Å². The number of nitrogens with two attached hydrogens (primary N) is 2. The number of halogens is 1. The van der Waals surface area contributed by atoms with Crippen LogP contribution in [0.25, 0.3) is 0 Å². The highest BCUT2D eigenvalue weighted by Crippen LogP contribution is 2.27. The van der Waals surface area contributed by atoms with Crippen LogP contribution in [0.15, 0.2) is 23.2 Å². The smallest absolute Gasteiger partial charge is 0.394 e. The van der Waals surface area contributed by atoms with Crippen molar-refractivity contribution in [3.63, 3.8) is 0 Å². The molecule has 0 aromatic heterocycles. The Labute approximate surface area is 122 Å². The Morgan fingerprint density at radius 2 is 1.95 bits per heavy atom. The Balaban J connectivity index is 0.000000621. The van der Waals surface area contributed by atoms with Gasteiger partial charge in [0.05, 0.1) is 11.6 Å². The van der Waals surface area contributed by atoms with E-state index in [4.69, 9.17) is 45.3 Å². The van der Waals surface area contributed by atoms with Crippen molar-refractivity contribution >= 4 is 28.0 Å². The Morgan fingerprint density at radius 1 is 1.40 bits per heavy atom. The van der Waals surface area contributed by atoms with Crippen molar-refractivity contribution in [1.82, 2.24) is 0 Å². The van der Waals surface area contributed by atoms with E-state index in [2.05, 4.69) is 4.99 Å². The van der Waals surface area contributed by atoms with Crippen molar-refractivity contribution in [2.75, 3.05) is 13.2 Å². The maximum atomic E-state index is 8.74. The molecule has 6 N–H and O–H groups in total. The van der Waals surface area contributed by atoms with Crippen molar-refractivity contribution in [3.8, 4) is 5.75 Å². The van der Waals surface area contributed by atoms with E-state index in [1.165, 1.54) is 0 Å². The van der Waals surface area contributed by atoms with E-state index in [0.717, 1.165) is 5.56 Å². The second-order valence-electron chi connectivity index (χ2n) is 3.49. The number of benzene rings is 1. The van der Waals surface area contributed by atoms with Crippen molar-refractivity contribution < 1.29 is 22.3 Å². The molecule has 1 rings (SSSR count). The molecule has 0 bridgehead atoms. The van der Waals surface area contributed by atoms with Gasteiger partial charge < -0.3 is 16.2 Å². The number of guanidine groups is 1. The molecule has 0 saturated carbocycles. The lowest BCUT2D eigenvalue weighted by Crippen LogP contribution is -2.23. The first-order valence-corrected chi connectivity index (χ1v) is 7.02. The average Bonchev–Trinajstić information content (AvgIpc) is 2.24. The first-order chi connectivity index (χ1) is 9.11. The van der Waals surface area contributed by atoms with Crippen LogP contribution in [0.4, 0.5) is 0 Å². The molecule has 0 aliphatic heterocycles. The van der Waals surface area contributed by atoms with Crippen molar-refractivity contribution in [2.45, 2.75) is 6.92 Å². The lowest BCUT2D eigenvalue weighted by molar-refractivity contribution is 0.326. The summed E-state index contributed by atoms with van der Waals surface area (Å²) < 4.78 is 37.1. The quantitative estimate of drug-likeness (QED) is 0.275. The van der Waals surface area contributed by atoms with Gasteiger partial charge in [0.2, 0.25) is 0 Å². The van der Waals surface area contributed by atoms with Gasteiger partial charge in [-0.1, -0.05) is 23.7 Å². The molecule has 0 aliphatic rings. The summed E-state index contributed by atoms with van der Waals surface area (Å²) in [5.74, 6) is 0.749. The fourth-order valence-electron chi connectivity index (χ4n) is 1.12. The van der Waals surface area contributed by atoms with Gasteiger partial charge >= 0.3 is 10.4 Å². The van der Waals surface area contributed by atoms with Crippen LogP contribution in [0.3, 0.4) is 0 Å². The van der Waals surface area contributed by atoms with Crippen LogP contribution in [-0.2, 0) is 10.4 Å². The molecule has 0 spiro atoms. The van der Waals surface area contributed by atoms with E-state index >= 15 is 0 Å². The van der Waals surface area contributed by atoms with Gasteiger partial charge in [0.15, 0.2) is 5.96 Å². The Bertz CT molecular complexity index is 530. The number of hydrogen-bond acceptors (Lipinski definition) is 4. The topological polar surface area (TPSA) is 148 Å². The second kappa shape index (κ2) is 8.59. The second-order valence-corrected chi connectivity index (χ2v) is 4.79. The standard InChI is InChI=1S/C10H14ClN3O.H2O4S/c1-7-3-2-4-8(11)9(7)15-6-5-14-10(12)13;1-5(2,3)4/h2-4H,5-6H2,1H3,(H4,12,13,14);(H2,1,2,3,4). The van der Waals surface area contributed by atoms with Gasteiger partial charge in [0, 0.05) is 0 Å². The number of rotatable bonds is 4. The van der Waals surface area contributed by atoms with Crippen LogP contribution in [0, 0.1) is 6.92 Å². The molecule has 20 heavy (non-hydrogen) atoms. The third kappa shape index (κ3) is 10.4. The fourth-order valence-corrected chi connectivity index (χ4v) is 1.40. The summed E-state index contributed by atoms with van der Waals surface area (Å²) in [6.07, 6.45) is 0. The van der Waals surface area contributed by atoms with Gasteiger partial charge in [0.25, 0.3) is 0 Å². The molecular formula is C10H16ClN3O5S. The summed E-state index contributed by atoms with van der Waals surface area (Å²) in [7, 11) is -4.67. The number of nitrogens with zero attached hydrogens (tertiary/aromatic N) is 1. The van der Waals surface area contributed by atoms with E-state index in [-0.39, 0.29) is 5.96 Å². The van der Waals surface area contributed by atoms with Gasteiger partial charge in [-0.2, -0.15) is 8.42 Å². The largest absolute Gasteiger partial charge is 0.490 e. The SMILES string of the molecule is Cc1cccc(Cl)c1OCCN=C(N)N.O=S(=O)(O)O. The lowest BCUT2D eigenvalue weighted by Gasteiger charge is -2.09. The maximum absolute atomic E-state index is 8.74.